The van der Waals surface area contributed by atoms with Crippen LogP contribution in [0.4, 0.5) is 0 Å². The standard InChI is InChI=1S/C22H38O4/c1-6-11-12-17(7-2)13-18(8-3)15-22(10-5)16-19(9-4)20(25-26-22)14-21(23)24/h11-12,15,17,19-20H,6-10,13-14,16H2,1-5H3,(H,23,24)/t17?,19-,20-,22-/m1/s1. The summed E-state index contributed by atoms with van der Waals surface area (Å²) in [6, 6.07) is 0. The van der Waals surface area contributed by atoms with Gasteiger partial charge in [-0.05, 0) is 50.4 Å². The van der Waals surface area contributed by atoms with Crippen molar-refractivity contribution in [2.75, 3.05) is 0 Å². The Hall–Kier alpha value is -1.13. The quantitative estimate of drug-likeness (QED) is 0.356. The van der Waals surface area contributed by atoms with E-state index in [2.05, 4.69) is 52.8 Å². The van der Waals surface area contributed by atoms with E-state index >= 15 is 0 Å². The average molecular weight is 367 g/mol. The highest BCUT2D eigenvalue weighted by Gasteiger charge is 2.41. The zero-order chi connectivity index (χ0) is 19.6. The molecule has 4 heteroatoms. The van der Waals surface area contributed by atoms with Crippen LogP contribution in [0.2, 0.25) is 0 Å². The van der Waals surface area contributed by atoms with Crippen molar-refractivity contribution < 1.29 is 19.7 Å². The van der Waals surface area contributed by atoms with Gasteiger partial charge in [0.2, 0.25) is 0 Å². The van der Waals surface area contributed by atoms with Gasteiger partial charge in [0.25, 0.3) is 0 Å². The van der Waals surface area contributed by atoms with Gasteiger partial charge < -0.3 is 5.11 Å². The van der Waals surface area contributed by atoms with Crippen molar-refractivity contribution in [1.29, 1.82) is 0 Å². The third kappa shape index (κ3) is 6.88. The van der Waals surface area contributed by atoms with Crippen LogP contribution in [-0.4, -0.2) is 22.8 Å². The van der Waals surface area contributed by atoms with Gasteiger partial charge in [0.1, 0.15) is 11.7 Å². The van der Waals surface area contributed by atoms with E-state index in [1.165, 1.54) is 5.57 Å². The van der Waals surface area contributed by atoms with Crippen molar-refractivity contribution >= 4 is 5.97 Å². The van der Waals surface area contributed by atoms with Crippen LogP contribution in [0.1, 0.15) is 86.0 Å². The second-order valence-corrected chi connectivity index (χ2v) is 7.47. The van der Waals surface area contributed by atoms with Crippen molar-refractivity contribution in [3.63, 3.8) is 0 Å². The zero-order valence-electron chi connectivity index (χ0n) is 17.3. The number of aliphatic carboxylic acids is 1. The monoisotopic (exact) mass is 366 g/mol. The maximum atomic E-state index is 11.1. The molecule has 0 radical (unpaired) electrons. The lowest BCUT2D eigenvalue weighted by Gasteiger charge is -2.41. The van der Waals surface area contributed by atoms with Crippen molar-refractivity contribution in [3.05, 3.63) is 23.8 Å². The highest BCUT2D eigenvalue weighted by Crippen LogP contribution is 2.39. The van der Waals surface area contributed by atoms with E-state index < -0.39 is 11.6 Å². The highest BCUT2D eigenvalue weighted by molar-refractivity contribution is 5.67. The Bertz CT molecular complexity index is 483. The van der Waals surface area contributed by atoms with Gasteiger partial charge in [0.15, 0.2) is 0 Å². The molecule has 1 heterocycles. The lowest BCUT2D eigenvalue weighted by molar-refractivity contribution is -0.409. The van der Waals surface area contributed by atoms with Crippen LogP contribution in [0.15, 0.2) is 23.8 Å². The summed E-state index contributed by atoms with van der Waals surface area (Å²) in [6.07, 6.45) is 13.3. The summed E-state index contributed by atoms with van der Waals surface area (Å²) in [6.45, 7) is 10.8. The molecule has 0 spiro atoms. The van der Waals surface area contributed by atoms with E-state index in [-0.39, 0.29) is 18.4 Å². The van der Waals surface area contributed by atoms with Crippen LogP contribution >= 0.6 is 0 Å². The summed E-state index contributed by atoms with van der Waals surface area (Å²) in [7, 11) is 0. The molecule has 0 amide bonds. The molecule has 0 saturated carbocycles. The molecular weight excluding hydrogens is 328 g/mol. The number of carboxylic acid groups (broad SMARTS) is 1. The molecule has 1 fully saturated rings. The first-order valence-corrected chi connectivity index (χ1v) is 10.4. The van der Waals surface area contributed by atoms with Crippen LogP contribution in [0.25, 0.3) is 0 Å². The minimum Gasteiger partial charge on any atom is -0.481 e. The Morgan fingerprint density at radius 2 is 2.00 bits per heavy atom. The molecule has 0 bridgehead atoms. The lowest BCUT2D eigenvalue weighted by atomic mass is 9.80. The minimum absolute atomic E-state index is 0.00235. The molecule has 1 aliphatic rings. The fourth-order valence-corrected chi connectivity index (χ4v) is 3.70. The molecule has 150 valence electrons. The summed E-state index contributed by atoms with van der Waals surface area (Å²) < 4.78 is 0. The Balaban J connectivity index is 2.94. The normalized spacial score (nSPS) is 28.4. The summed E-state index contributed by atoms with van der Waals surface area (Å²) in [5, 5.41) is 9.09. The molecule has 4 nitrogen and oxygen atoms in total. The van der Waals surface area contributed by atoms with Gasteiger partial charge in [0.05, 0.1) is 6.42 Å². The third-order valence-electron chi connectivity index (χ3n) is 5.58. The molecule has 0 aromatic heterocycles. The molecule has 1 rings (SSSR count). The van der Waals surface area contributed by atoms with Crippen molar-refractivity contribution in [2.24, 2.45) is 11.8 Å². The first-order chi connectivity index (χ1) is 12.4. The maximum Gasteiger partial charge on any atom is 0.306 e. The van der Waals surface area contributed by atoms with E-state index in [0.717, 1.165) is 44.9 Å². The van der Waals surface area contributed by atoms with Gasteiger partial charge in [-0.2, -0.15) is 0 Å². The fraction of sp³-hybridized carbons (Fsp3) is 0.773. The highest BCUT2D eigenvalue weighted by atomic mass is 17.2. The number of hydrogen-bond acceptors (Lipinski definition) is 3. The van der Waals surface area contributed by atoms with Gasteiger partial charge in [-0.1, -0.05) is 64.8 Å². The summed E-state index contributed by atoms with van der Waals surface area (Å²) in [5.41, 5.74) is 0.961. The Labute approximate surface area is 159 Å². The second-order valence-electron chi connectivity index (χ2n) is 7.47. The van der Waals surface area contributed by atoms with E-state index in [1.54, 1.807) is 0 Å². The van der Waals surface area contributed by atoms with Crippen molar-refractivity contribution in [3.8, 4) is 0 Å². The molecule has 1 saturated heterocycles. The molecule has 1 aliphatic heterocycles. The van der Waals surface area contributed by atoms with Gasteiger partial charge in [-0.15, -0.1) is 0 Å². The molecular formula is C22H38O4. The smallest absolute Gasteiger partial charge is 0.306 e. The topological polar surface area (TPSA) is 55.8 Å². The van der Waals surface area contributed by atoms with E-state index in [9.17, 15) is 4.79 Å². The third-order valence-corrected chi connectivity index (χ3v) is 5.58. The number of allylic oxidation sites excluding steroid dienone is 3. The number of hydrogen-bond donors (Lipinski definition) is 1. The fourth-order valence-electron chi connectivity index (χ4n) is 3.70. The molecule has 0 aromatic carbocycles. The SMILES string of the molecule is CCC=CC(CC)CC(=C[C@]1(CC)C[C@@H](CC)[C@@H](CC(=O)O)OO1)CC. The first kappa shape index (κ1) is 22.9. The minimum atomic E-state index is -0.834. The van der Waals surface area contributed by atoms with Gasteiger partial charge in [0, 0.05) is 0 Å². The number of rotatable bonds is 11. The molecule has 1 N–H and O–H groups in total. The lowest BCUT2D eigenvalue weighted by Crippen LogP contribution is -2.44. The van der Waals surface area contributed by atoms with E-state index in [1.807, 2.05) is 0 Å². The van der Waals surface area contributed by atoms with Crippen molar-refractivity contribution in [2.45, 2.75) is 97.7 Å². The molecule has 4 atom stereocenters. The first-order valence-electron chi connectivity index (χ1n) is 10.4. The summed E-state index contributed by atoms with van der Waals surface area (Å²) in [5.74, 6) is -0.0725. The largest absolute Gasteiger partial charge is 0.481 e. The Kier molecular flexibility index (Phi) is 10.2. The van der Waals surface area contributed by atoms with Crippen LogP contribution in [0.3, 0.4) is 0 Å². The maximum absolute atomic E-state index is 11.1. The predicted molar refractivity (Wildman–Crippen MR) is 106 cm³/mol. The number of carboxylic acids is 1. The zero-order valence-corrected chi connectivity index (χ0v) is 17.3. The molecule has 0 aliphatic carbocycles. The van der Waals surface area contributed by atoms with Crippen molar-refractivity contribution in [1.82, 2.24) is 0 Å². The van der Waals surface area contributed by atoms with Gasteiger partial charge in [-0.3, -0.25) is 4.79 Å². The summed E-state index contributed by atoms with van der Waals surface area (Å²) in [4.78, 5) is 22.5. The van der Waals surface area contributed by atoms with Crippen LogP contribution < -0.4 is 0 Å². The molecule has 26 heavy (non-hydrogen) atoms. The average Bonchev–Trinajstić information content (AvgIpc) is 2.65. The van der Waals surface area contributed by atoms with Gasteiger partial charge >= 0.3 is 5.97 Å². The summed E-state index contributed by atoms with van der Waals surface area (Å²) >= 11 is 0. The van der Waals surface area contributed by atoms with Crippen LogP contribution in [0, 0.1) is 11.8 Å². The molecule has 1 unspecified atom stereocenters. The number of carbonyl (C=O) groups is 1. The van der Waals surface area contributed by atoms with Crippen LogP contribution in [-0.2, 0) is 14.6 Å². The van der Waals surface area contributed by atoms with Crippen LogP contribution in [0.5, 0.6) is 0 Å². The predicted octanol–water partition coefficient (Wildman–Crippen LogP) is 6.08. The van der Waals surface area contributed by atoms with E-state index in [4.69, 9.17) is 14.9 Å². The Morgan fingerprint density at radius 3 is 2.50 bits per heavy atom. The Morgan fingerprint density at radius 1 is 1.27 bits per heavy atom. The molecule has 0 aromatic rings. The second kappa shape index (κ2) is 11.6. The van der Waals surface area contributed by atoms with Gasteiger partial charge in [-0.25, -0.2) is 9.78 Å². The van der Waals surface area contributed by atoms with E-state index in [0.29, 0.717) is 5.92 Å².